The molecule has 1 aromatic heterocycles. The smallest absolute Gasteiger partial charge is 0.265 e. The first kappa shape index (κ1) is 11.0. The number of phenols is 1. The maximum Gasteiger partial charge on any atom is 0.265 e. The number of amides is 1. The first-order valence-electron chi connectivity index (χ1n) is 4.50. The number of thiophene rings is 1. The van der Waals surface area contributed by atoms with Gasteiger partial charge in [0.05, 0.1) is 9.90 Å². The molecule has 0 fully saturated rings. The van der Waals surface area contributed by atoms with Gasteiger partial charge in [0, 0.05) is 11.8 Å². The quantitative estimate of drug-likeness (QED) is 0.862. The Labute approximate surface area is 101 Å². The van der Waals surface area contributed by atoms with Gasteiger partial charge >= 0.3 is 0 Å². The van der Waals surface area contributed by atoms with Crippen LogP contribution in [0.5, 0.6) is 5.75 Å². The second kappa shape index (κ2) is 4.55. The lowest BCUT2D eigenvalue weighted by molar-refractivity contribution is 0.103. The van der Waals surface area contributed by atoms with E-state index in [1.807, 2.05) is 5.38 Å². The Morgan fingerprint density at radius 1 is 1.38 bits per heavy atom. The van der Waals surface area contributed by atoms with Gasteiger partial charge in [-0.05, 0) is 23.6 Å². The molecule has 0 aliphatic heterocycles. The normalized spacial score (nSPS) is 10.1. The Balaban J connectivity index is 2.15. The van der Waals surface area contributed by atoms with E-state index < -0.39 is 0 Å². The first-order chi connectivity index (χ1) is 7.66. The minimum Gasteiger partial charge on any atom is -0.506 e. The van der Waals surface area contributed by atoms with Gasteiger partial charge in [0.15, 0.2) is 0 Å². The predicted molar refractivity (Wildman–Crippen MR) is 65.4 cm³/mol. The number of aromatic hydroxyl groups is 1. The SMILES string of the molecule is O=C(Nc1ccc(Cl)c(O)c1)c1cccs1. The summed E-state index contributed by atoms with van der Waals surface area (Å²) in [5.41, 5.74) is 0.514. The lowest BCUT2D eigenvalue weighted by Gasteiger charge is -2.04. The van der Waals surface area contributed by atoms with E-state index in [-0.39, 0.29) is 16.7 Å². The zero-order valence-electron chi connectivity index (χ0n) is 8.11. The number of nitrogens with one attached hydrogen (secondary N) is 1. The van der Waals surface area contributed by atoms with Crippen molar-refractivity contribution in [1.82, 2.24) is 0 Å². The Morgan fingerprint density at radius 3 is 2.81 bits per heavy atom. The number of halogens is 1. The molecule has 0 unspecified atom stereocenters. The fourth-order valence-corrected chi connectivity index (χ4v) is 1.93. The molecule has 0 radical (unpaired) electrons. The van der Waals surface area contributed by atoms with Gasteiger partial charge in [-0.2, -0.15) is 0 Å². The predicted octanol–water partition coefficient (Wildman–Crippen LogP) is 3.36. The molecule has 0 aliphatic carbocycles. The Morgan fingerprint density at radius 2 is 2.19 bits per heavy atom. The molecule has 2 N–H and O–H groups in total. The lowest BCUT2D eigenvalue weighted by Crippen LogP contribution is -2.09. The van der Waals surface area contributed by atoms with Crippen LogP contribution in [0.3, 0.4) is 0 Å². The van der Waals surface area contributed by atoms with E-state index in [1.54, 1.807) is 18.2 Å². The second-order valence-electron chi connectivity index (χ2n) is 3.10. The van der Waals surface area contributed by atoms with E-state index in [9.17, 15) is 9.90 Å². The maximum atomic E-state index is 11.7. The molecule has 2 aromatic rings. The van der Waals surface area contributed by atoms with Crippen molar-refractivity contribution in [3.8, 4) is 5.75 Å². The highest BCUT2D eigenvalue weighted by atomic mass is 35.5. The average Bonchev–Trinajstić information content (AvgIpc) is 2.77. The first-order valence-corrected chi connectivity index (χ1v) is 5.76. The van der Waals surface area contributed by atoms with Crippen molar-refractivity contribution in [2.45, 2.75) is 0 Å². The topological polar surface area (TPSA) is 49.3 Å². The molecule has 0 atom stereocenters. The number of anilines is 1. The van der Waals surface area contributed by atoms with Gasteiger partial charge in [-0.15, -0.1) is 11.3 Å². The van der Waals surface area contributed by atoms with Gasteiger partial charge in [-0.3, -0.25) is 4.79 Å². The summed E-state index contributed by atoms with van der Waals surface area (Å²) < 4.78 is 0. The van der Waals surface area contributed by atoms with Crippen molar-refractivity contribution < 1.29 is 9.90 Å². The van der Waals surface area contributed by atoms with Crippen molar-refractivity contribution in [1.29, 1.82) is 0 Å². The number of hydrogen-bond acceptors (Lipinski definition) is 3. The van der Waals surface area contributed by atoms with Crippen molar-refractivity contribution in [2.24, 2.45) is 0 Å². The molecule has 0 saturated carbocycles. The molecular formula is C11H8ClNO2S. The van der Waals surface area contributed by atoms with Crippen LogP contribution in [0, 0.1) is 0 Å². The maximum absolute atomic E-state index is 11.7. The number of benzene rings is 1. The van der Waals surface area contributed by atoms with E-state index in [4.69, 9.17) is 11.6 Å². The average molecular weight is 254 g/mol. The van der Waals surface area contributed by atoms with Crippen LogP contribution in [-0.4, -0.2) is 11.0 Å². The highest BCUT2D eigenvalue weighted by molar-refractivity contribution is 7.12. The molecule has 82 valence electrons. The number of carbonyl (C=O) groups excluding carboxylic acids is 1. The van der Waals surface area contributed by atoms with Gasteiger partial charge in [0.25, 0.3) is 5.91 Å². The molecule has 1 aromatic carbocycles. The Bertz CT molecular complexity index is 511. The van der Waals surface area contributed by atoms with E-state index in [1.165, 1.54) is 23.5 Å². The van der Waals surface area contributed by atoms with Crippen LogP contribution in [0.25, 0.3) is 0 Å². The van der Waals surface area contributed by atoms with E-state index in [0.717, 1.165) is 0 Å². The monoisotopic (exact) mass is 253 g/mol. The largest absolute Gasteiger partial charge is 0.506 e. The molecule has 1 amide bonds. The minimum absolute atomic E-state index is 0.0503. The molecule has 2 rings (SSSR count). The van der Waals surface area contributed by atoms with E-state index >= 15 is 0 Å². The van der Waals surface area contributed by atoms with Crippen molar-refractivity contribution >= 4 is 34.5 Å². The van der Waals surface area contributed by atoms with Gasteiger partial charge in [0.2, 0.25) is 0 Å². The number of carbonyl (C=O) groups is 1. The van der Waals surface area contributed by atoms with Crippen LogP contribution >= 0.6 is 22.9 Å². The van der Waals surface area contributed by atoms with Gasteiger partial charge < -0.3 is 10.4 Å². The van der Waals surface area contributed by atoms with Crippen LogP contribution in [0.15, 0.2) is 35.7 Å². The number of phenolic OH excluding ortho intramolecular Hbond substituents is 1. The summed E-state index contributed by atoms with van der Waals surface area (Å²) in [6.45, 7) is 0. The molecule has 3 nitrogen and oxygen atoms in total. The van der Waals surface area contributed by atoms with Crippen LogP contribution in [0.1, 0.15) is 9.67 Å². The second-order valence-corrected chi connectivity index (χ2v) is 4.45. The third-order valence-corrected chi connectivity index (χ3v) is 3.14. The zero-order chi connectivity index (χ0) is 11.5. The zero-order valence-corrected chi connectivity index (χ0v) is 9.68. The van der Waals surface area contributed by atoms with Crippen LogP contribution in [0.2, 0.25) is 5.02 Å². The highest BCUT2D eigenvalue weighted by Gasteiger charge is 2.07. The van der Waals surface area contributed by atoms with Gasteiger partial charge in [0.1, 0.15) is 5.75 Å². The Kier molecular flexibility index (Phi) is 3.12. The van der Waals surface area contributed by atoms with E-state index in [0.29, 0.717) is 10.6 Å². The van der Waals surface area contributed by atoms with Crippen molar-refractivity contribution in [3.63, 3.8) is 0 Å². The molecule has 0 bridgehead atoms. The fourth-order valence-electron chi connectivity index (χ4n) is 1.19. The highest BCUT2D eigenvalue weighted by Crippen LogP contribution is 2.26. The van der Waals surface area contributed by atoms with Crippen LogP contribution in [0.4, 0.5) is 5.69 Å². The summed E-state index contributed by atoms with van der Waals surface area (Å²) in [6, 6.07) is 8.11. The van der Waals surface area contributed by atoms with Crippen molar-refractivity contribution in [2.75, 3.05) is 5.32 Å². The standard InChI is InChI=1S/C11H8ClNO2S/c12-8-4-3-7(6-9(8)14)13-11(15)10-2-1-5-16-10/h1-6,14H,(H,13,15). The van der Waals surface area contributed by atoms with Crippen LogP contribution < -0.4 is 5.32 Å². The van der Waals surface area contributed by atoms with Gasteiger partial charge in [-0.25, -0.2) is 0 Å². The molecule has 0 spiro atoms. The van der Waals surface area contributed by atoms with E-state index in [2.05, 4.69) is 5.32 Å². The number of rotatable bonds is 2. The fraction of sp³-hybridized carbons (Fsp3) is 0. The summed E-state index contributed by atoms with van der Waals surface area (Å²) in [4.78, 5) is 12.3. The summed E-state index contributed by atoms with van der Waals surface area (Å²) in [6.07, 6.45) is 0. The van der Waals surface area contributed by atoms with Crippen molar-refractivity contribution in [3.05, 3.63) is 45.6 Å². The van der Waals surface area contributed by atoms with Gasteiger partial charge in [-0.1, -0.05) is 17.7 Å². The lowest BCUT2D eigenvalue weighted by atomic mass is 10.3. The van der Waals surface area contributed by atoms with Crippen LogP contribution in [-0.2, 0) is 0 Å². The molecular weight excluding hydrogens is 246 g/mol. The molecule has 5 heteroatoms. The minimum atomic E-state index is -0.197. The molecule has 1 heterocycles. The summed E-state index contributed by atoms with van der Waals surface area (Å²) in [7, 11) is 0. The Hall–Kier alpha value is -1.52. The molecule has 16 heavy (non-hydrogen) atoms. The summed E-state index contributed by atoms with van der Waals surface area (Å²) in [5, 5.41) is 14.1. The third-order valence-electron chi connectivity index (χ3n) is 1.95. The summed E-state index contributed by atoms with van der Waals surface area (Å²) >= 11 is 7.01. The molecule has 0 saturated heterocycles. The molecule has 0 aliphatic rings. The third kappa shape index (κ3) is 2.35. The summed E-state index contributed by atoms with van der Waals surface area (Å²) in [5.74, 6) is -0.248. The number of hydrogen-bond donors (Lipinski definition) is 2.